The monoisotopic (exact) mass is 591 g/mol. The molecule has 2 aliphatic heterocycles. The lowest BCUT2D eigenvalue weighted by Gasteiger charge is -2.40. The Bertz CT molecular complexity index is 1290. The molecule has 3 atom stereocenters. The predicted octanol–water partition coefficient (Wildman–Crippen LogP) is 5.70. The minimum Gasteiger partial charge on any atom is -0.445 e. The lowest BCUT2D eigenvalue weighted by atomic mass is 9.92. The van der Waals surface area contributed by atoms with Gasteiger partial charge in [-0.2, -0.15) is 0 Å². The molecule has 1 fully saturated rings. The highest BCUT2D eigenvalue weighted by molar-refractivity contribution is 6.74. The summed E-state index contributed by atoms with van der Waals surface area (Å²) in [5, 5.41) is 5.56. The minimum atomic E-state index is -1.99. The Labute approximate surface area is 251 Å². The third-order valence-electron chi connectivity index (χ3n) is 8.80. The molecule has 226 valence electrons. The number of hydrogen-bond acceptors (Lipinski definition) is 5. The van der Waals surface area contributed by atoms with Crippen LogP contribution in [0.5, 0.6) is 0 Å². The van der Waals surface area contributed by atoms with Crippen LogP contribution in [0.3, 0.4) is 0 Å². The largest absolute Gasteiger partial charge is 0.445 e. The molecule has 0 spiro atoms. The second kappa shape index (κ2) is 13.3. The highest BCUT2D eigenvalue weighted by atomic mass is 28.4. The van der Waals surface area contributed by atoms with E-state index in [1.165, 1.54) is 0 Å². The second-order valence-electron chi connectivity index (χ2n) is 12.9. The van der Waals surface area contributed by atoms with E-state index in [1.807, 2.05) is 65.6 Å². The van der Waals surface area contributed by atoms with Crippen LogP contribution >= 0.6 is 0 Å². The van der Waals surface area contributed by atoms with Gasteiger partial charge in [-0.25, -0.2) is 4.79 Å². The van der Waals surface area contributed by atoms with Crippen LogP contribution in [0.4, 0.5) is 4.79 Å². The molecule has 9 heteroatoms. The van der Waals surface area contributed by atoms with Crippen LogP contribution in [-0.4, -0.2) is 55.9 Å². The Balaban J connectivity index is 1.48. The van der Waals surface area contributed by atoms with Gasteiger partial charge >= 0.3 is 6.09 Å². The summed E-state index contributed by atoms with van der Waals surface area (Å²) < 4.78 is 11.8. The average molecular weight is 592 g/mol. The van der Waals surface area contributed by atoms with Gasteiger partial charge in [-0.3, -0.25) is 9.59 Å². The molecule has 0 aromatic heterocycles. The molecule has 0 radical (unpaired) electrons. The van der Waals surface area contributed by atoms with Gasteiger partial charge in [-0.1, -0.05) is 81.4 Å². The molecule has 0 saturated carbocycles. The smallest absolute Gasteiger partial charge is 0.408 e. The van der Waals surface area contributed by atoms with Gasteiger partial charge in [0.25, 0.3) is 5.91 Å². The van der Waals surface area contributed by atoms with Gasteiger partial charge in [-0.15, -0.1) is 0 Å². The van der Waals surface area contributed by atoms with Gasteiger partial charge in [0, 0.05) is 6.04 Å². The van der Waals surface area contributed by atoms with Crippen molar-refractivity contribution in [2.45, 2.75) is 96.2 Å². The van der Waals surface area contributed by atoms with Gasteiger partial charge < -0.3 is 24.7 Å². The average Bonchev–Trinajstić information content (AvgIpc) is 3.36. The van der Waals surface area contributed by atoms with Crippen LogP contribution < -0.4 is 10.6 Å². The fourth-order valence-electron chi connectivity index (χ4n) is 5.23. The fourth-order valence-corrected chi connectivity index (χ4v) is 6.27. The molecule has 0 bridgehead atoms. The van der Waals surface area contributed by atoms with E-state index in [9.17, 15) is 14.4 Å². The Morgan fingerprint density at radius 1 is 1.00 bits per heavy atom. The molecule has 0 aliphatic carbocycles. The van der Waals surface area contributed by atoms with E-state index in [2.05, 4.69) is 44.5 Å². The van der Waals surface area contributed by atoms with Crippen LogP contribution in [0.1, 0.15) is 58.1 Å². The van der Waals surface area contributed by atoms with E-state index in [0.29, 0.717) is 25.1 Å². The second-order valence-corrected chi connectivity index (χ2v) is 17.7. The highest BCUT2D eigenvalue weighted by Crippen LogP contribution is 2.39. The van der Waals surface area contributed by atoms with Crippen LogP contribution in [-0.2, 0) is 31.8 Å². The van der Waals surface area contributed by atoms with Crippen molar-refractivity contribution in [2.24, 2.45) is 0 Å². The summed E-state index contributed by atoms with van der Waals surface area (Å²) in [6.07, 6.45) is 2.34. The van der Waals surface area contributed by atoms with Crippen molar-refractivity contribution in [3.05, 3.63) is 83.1 Å². The van der Waals surface area contributed by atoms with Crippen molar-refractivity contribution in [1.29, 1.82) is 0 Å². The summed E-state index contributed by atoms with van der Waals surface area (Å²) >= 11 is 0. The Morgan fingerprint density at radius 2 is 1.62 bits per heavy atom. The first kappa shape index (κ1) is 31.5. The molecule has 2 N–H and O–H groups in total. The van der Waals surface area contributed by atoms with Crippen molar-refractivity contribution < 1.29 is 23.5 Å². The first-order valence-corrected chi connectivity index (χ1v) is 17.8. The van der Waals surface area contributed by atoms with Gasteiger partial charge in [0.05, 0.1) is 12.6 Å². The van der Waals surface area contributed by atoms with Crippen LogP contribution in [0.25, 0.3) is 0 Å². The summed E-state index contributed by atoms with van der Waals surface area (Å²) in [6, 6.07) is 18.4. The highest BCUT2D eigenvalue weighted by Gasteiger charge is 2.45. The molecule has 3 amide bonds. The number of carbonyl (C=O) groups is 3. The van der Waals surface area contributed by atoms with Gasteiger partial charge in [0.1, 0.15) is 18.3 Å². The maximum absolute atomic E-state index is 14.1. The zero-order valence-electron chi connectivity index (χ0n) is 25.7. The van der Waals surface area contributed by atoms with E-state index in [1.54, 1.807) is 6.92 Å². The number of nitrogens with one attached hydrogen (secondary N) is 2. The Kier molecular flexibility index (Phi) is 9.94. The van der Waals surface area contributed by atoms with Crippen molar-refractivity contribution in [2.75, 3.05) is 6.61 Å². The Hall–Kier alpha value is -3.43. The lowest BCUT2D eigenvalue weighted by Crippen LogP contribution is -2.53. The van der Waals surface area contributed by atoms with Crippen LogP contribution in [0.2, 0.25) is 18.1 Å². The quantitative estimate of drug-likeness (QED) is 0.346. The number of alkyl carbamates (subject to hydrolysis) is 1. The van der Waals surface area contributed by atoms with Crippen molar-refractivity contribution >= 4 is 26.2 Å². The molecular weight excluding hydrogens is 546 g/mol. The maximum atomic E-state index is 14.1. The summed E-state index contributed by atoms with van der Waals surface area (Å²) in [5.74, 6) is -0.641. The number of benzene rings is 2. The van der Waals surface area contributed by atoms with Crippen LogP contribution in [0, 0.1) is 0 Å². The van der Waals surface area contributed by atoms with Gasteiger partial charge in [-0.05, 0) is 67.4 Å². The third kappa shape index (κ3) is 7.69. The number of rotatable bonds is 10. The maximum Gasteiger partial charge on any atom is 0.408 e. The molecule has 0 unspecified atom stereocenters. The standard InChI is InChI=1S/C33H45N3O5Si/c1-23(34-32(39)40-21-25-15-11-8-12-16-25)30(37)35-29-26(19-24-13-9-7-10-14-24)20-27-17-18-28(36(27)31(29)38)22-41-42(5,6)33(2,3)4/h7-16,23,27-28H,17-22H2,1-6H3,(H,34,39)(H,35,37)/t23-,27-,28-/m0/s1. The third-order valence-corrected chi connectivity index (χ3v) is 13.3. The van der Waals surface area contributed by atoms with Gasteiger partial charge in [0.2, 0.25) is 5.91 Å². The predicted molar refractivity (Wildman–Crippen MR) is 166 cm³/mol. The van der Waals surface area contributed by atoms with E-state index >= 15 is 0 Å². The first-order chi connectivity index (χ1) is 19.9. The van der Waals surface area contributed by atoms with Crippen molar-refractivity contribution in [3.63, 3.8) is 0 Å². The SMILES string of the molecule is C[C@H](NC(=O)OCc1ccccc1)C(=O)NC1=C(Cc2ccccc2)C[C@@H]2CC[C@@H](CO[Si](C)(C)C(C)(C)C)N2C1=O. The first-order valence-electron chi connectivity index (χ1n) is 14.9. The molecule has 2 aromatic carbocycles. The van der Waals surface area contributed by atoms with E-state index in [0.717, 1.165) is 29.5 Å². The molecule has 2 aliphatic rings. The number of ether oxygens (including phenoxy) is 1. The molecule has 2 aromatic rings. The lowest BCUT2D eigenvalue weighted by molar-refractivity contribution is -0.134. The van der Waals surface area contributed by atoms with E-state index in [-0.39, 0.29) is 29.6 Å². The summed E-state index contributed by atoms with van der Waals surface area (Å²) in [4.78, 5) is 41.7. The number of hydrogen-bond donors (Lipinski definition) is 2. The number of nitrogens with zero attached hydrogens (tertiary/aromatic N) is 1. The molecule has 8 nitrogen and oxygen atoms in total. The van der Waals surface area contributed by atoms with Crippen molar-refractivity contribution in [1.82, 2.24) is 15.5 Å². The molecule has 2 heterocycles. The molecule has 1 saturated heterocycles. The summed E-state index contributed by atoms with van der Waals surface area (Å²) in [6.45, 7) is 13.3. The molecule has 42 heavy (non-hydrogen) atoms. The van der Waals surface area contributed by atoms with Crippen LogP contribution in [0.15, 0.2) is 71.9 Å². The minimum absolute atomic E-state index is 0.0367. The van der Waals surface area contributed by atoms with E-state index in [4.69, 9.17) is 9.16 Å². The topological polar surface area (TPSA) is 97.0 Å². The summed E-state index contributed by atoms with van der Waals surface area (Å²) in [5.41, 5.74) is 3.14. The zero-order chi connectivity index (χ0) is 30.5. The van der Waals surface area contributed by atoms with E-state index < -0.39 is 26.4 Å². The molecular formula is C33H45N3O5Si. The Morgan fingerprint density at radius 3 is 2.24 bits per heavy atom. The van der Waals surface area contributed by atoms with Gasteiger partial charge in [0.15, 0.2) is 8.32 Å². The van der Waals surface area contributed by atoms with Crippen molar-refractivity contribution in [3.8, 4) is 0 Å². The zero-order valence-corrected chi connectivity index (χ0v) is 26.7. The summed E-state index contributed by atoms with van der Waals surface area (Å²) in [7, 11) is -1.99. The fraction of sp³-hybridized carbons (Fsp3) is 0.485. The number of fused-ring (bicyclic) bond motifs is 1. The number of carbonyl (C=O) groups excluding carboxylic acids is 3. The number of amides is 3. The normalized spacial score (nSPS) is 19.8. The molecule has 4 rings (SSSR count).